The number of hydrogen-bond acceptors (Lipinski definition) is 3. The summed E-state index contributed by atoms with van der Waals surface area (Å²) in [5.41, 5.74) is -0.105. The SMILES string of the molecule is CC(C)C(C)NC(=O)Cn1ccc2sccc2c1=O. The van der Waals surface area contributed by atoms with Gasteiger partial charge in [0, 0.05) is 16.9 Å². The van der Waals surface area contributed by atoms with Crippen molar-refractivity contribution in [2.45, 2.75) is 33.4 Å². The van der Waals surface area contributed by atoms with Gasteiger partial charge in [0.25, 0.3) is 5.56 Å². The second-order valence-corrected chi connectivity index (χ2v) is 6.00. The van der Waals surface area contributed by atoms with Crippen molar-refractivity contribution in [3.05, 3.63) is 34.1 Å². The largest absolute Gasteiger partial charge is 0.352 e. The van der Waals surface area contributed by atoms with Crippen LogP contribution in [-0.4, -0.2) is 16.5 Å². The molecule has 0 spiro atoms. The summed E-state index contributed by atoms with van der Waals surface area (Å²) in [5, 5.41) is 5.47. The maximum absolute atomic E-state index is 12.1. The predicted molar refractivity (Wildman–Crippen MR) is 78.5 cm³/mol. The highest BCUT2D eigenvalue weighted by atomic mass is 32.1. The normalized spacial score (nSPS) is 12.8. The standard InChI is InChI=1S/C14H18N2O2S/c1-9(2)10(3)15-13(17)8-16-6-4-12-11(14(16)18)5-7-19-12/h4-7,9-10H,8H2,1-3H3,(H,15,17). The molecule has 102 valence electrons. The Labute approximate surface area is 116 Å². The molecule has 1 N–H and O–H groups in total. The Morgan fingerprint density at radius 2 is 2.11 bits per heavy atom. The fourth-order valence-electron chi connectivity index (χ4n) is 1.75. The number of fused-ring (bicyclic) bond motifs is 1. The van der Waals surface area contributed by atoms with Gasteiger partial charge in [0.2, 0.25) is 5.91 Å². The molecule has 1 amide bonds. The van der Waals surface area contributed by atoms with Gasteiger partial charge in [0.15, 0.2) is 0 Å². The van der Waals surface area contributed by atoms with Crippen LogP contribution in [0.25, 0.3) is 10.1 Å². The third-order valence-corrected chi connectivity index (χ3v) is 4.18. The second-order valence-electron chi connectivity index (χ2n) is 5.05. The number of pyridine rings is 1. The number of rotatable bonds is 4. The van der Waals surface area contributed by atoms with Crippen LogP contribution >= 0.6 is 11.3 Å². The highest BCUT2D eigenvalue weighted by Crippen LogP contribution is 2.16. The summed E-state index contributed by atoms with van der Waals surface area (Å²) >= 11 is 1.53. The summed E-state index contributed by atoms with van der Waals surface area (Å²) in [6, 6.07) is 3.78. The first-order chi connectivity index (χ1) is 8.99. The van der Waals surface area contributed by atoms with Crippen molar-refractivity contribution in [2.24, 2.45) is 5.92 Å². The Morgan fingerprint density at radius 1 is 1.37 bits per heavy atom. The van der Waals surface area contributed by atoms with Crippen LogP contribution in [0.15, 0.2) is 28.5 Å². The fraction of sp³-hybridized carbons (Fsp3) is 0.429. The quantitative estimate of drug-likeness (QED) is 0.932. The van der Waals surface area contributed by atoms with Crippen LogP contribution in [0.3, 0.4) is 0 Å². The van der Waals surface area contributed by atoms with E-state index in [1.807, 2.05) is 18.4 Å². The zero-order valence-corrected chi connectivity index (χ0v) is 12.2. The van der Waals surface area contributed by atoms with Gasteiger partial charge in [-0.3, -0.25) is 9.59 Å². The molecule has 5 heteroatoms. The number of amides is 1. The molecule has 0 saturated carbocycles. The Morgan fingerprint density at radius 3 is 2.79 bits per heavy atom. The van der Waals surface area contributed by atoms with E-state index < -0.39 is 0 Å². The minimum absolute atomic E-state index is 0.0711. The highest BCUT2D eigenvalue weighted by molar-refractivity contribution is 7.17. The molecule has 0 fully saturated rings. The van der Waals surface area contributed by atoms with E-state index in [9.17, 15) is 9.59 Å². The third-order valence-electron chi connectivity index (χ3n) is 3.29. The second kappa shape index (κ2) is 5.57. The molecule has 2 rings (SSSR count). The lowest BCUT2D eigenvalue weighted by atomic mass is 10.1. The Hall–Kier alpha value is -1.62. The van der Waals surface area contributed by atoms with Crippen molar-refractivity contribution >= 4 is 27.3 Å². The van der Waals surface area contributed by atoms with Crippen molar-refractivity contribution in [3.8, 4) is 0 Å². The number of hydrogen-bond donors (Lipinski definition) is 1. The lowest BCUT2D eigenvalue weighted by Crippen LogP contribution is -2.39. The number of thiophene rings is 1. The van der Waals surface area contributed by atoms with Crippen molar-refractivity contribution in [1.82, 2.24) is 9.88 Å². The summed E-state index contributed by atoms with van der Waals surface area (Å²) < 4.78 is 2.41. The van der Waals surface area contributed by atoms with Crippen LogP contribution in [0.1, 0.15) is 20.8 Å². The first-order valence-corrected chi connectivity index (χ1v) is 7.23. The summed E-state index contributed by atoms with van der Waals surface area (Å²) in [4.78, 5) is 24.0. The van der Waals surface area contributed by atoms with Crippen molar-refractivity contribution in [1.29, 1.82) is 0 Å². The molecule has 0 aromatic carbocycles. The van der Waals surface area contributed by atoms with Gasteiger partial charge in [-0.2, -0.15) is 0 Å². The lowest BCUT2D eigenvalue weighted by Gasteiger charge is -2.17. The number of carbonyl (C=O) groups is 1. The molecule has 0 aliphatic carbocycles. The number of nitrogens with one attached hydrogen (secondary N) is 1. The first kappa shape index (κ1) is 13.8. The van der Waals surface area contributed by atoms with Gasteiger partial charge < -0.3 is 9.88 Å². The molecule has 4 nitrogen and oxygen atoms in total. The minimum Gasteiger partial charge on any atom is -0.352 e. The van der Waals surface area contributed by atoms with E-state index >= 15 is 0 Å². The molecule has 0 saturated heterocycles. The highest BCUT2D eigenvalue weighted by Gasteiger charge is 2.12. The lowest BCUT2D eigenvalue weighted by molar-refractivity contribution is -0.122. The molecule has 2 aromatic heterocycles. The van der Waals surface area contributed by atoms with E-state index in [0.29, 0.717) is 11.3 Å². The van der Waals surface area contributed by atoms with Crippen LogP contribution < -0.4 is 10.9 Å². The van der Waals surface area contributed by atoms with Gasteiger partial charge in [-0.05, 0) is 30.4 Å². The van der Waals surface area contributed by atoms with E-state index in [1.54, 1.807) is 12.3 Å². The van der Waals surface area contributed by atoms with Gasteiger partial charge in [-0.15, -0.1) is 11.3 Å². The molecule has 1 atom stereocenters. The molecule has 2 heterocycles. The van der Waals surface area contributed by atoms with Crippen molar-refractivity contribution in [2.75, 3.05) is 0 Å². The van der Waals surface area contributed by atoms with Crippen LogP contribution in [0.5, 0.6) is 0 Å². The van der Waals surface area contributed by atoms with Crippen LogP contribution in [0.2, 0.25) is 0 Å². The smallest absolute Gasteiger partial charge is 0.259 e. The number of aromatic nitrogens is 1. The maximum Gasteiger partial charge on any atom is 0.259 e. The first-order valence-electron chi connectivity index (χ1n) is 6.35. The predicted octanol–water partition coefficient (Wildman–Crippen LogP) is 2.22. The van der Waals surface area contributed by atoms with Crippen LogP contribution in [0.4, 0.5) is 0 Å². The third kappa shape index (κ3) is 3.04. The summed E-state index contributed by atoms with van der Waals surface area (Å²) in [7, 11) is 0. The molecule has 0 bridgehead atoms. The van der Waals surface area contributed by atoms with Crippen LogP contribution in [-0.2, 0) is 11.3 Å². The minimum atomic E-state index is -0.127. The van der Waals surface area contributed by atoms with Gasteiger partial charge in [-0.1, -0.05) is 13.8 Å². The zero-order valence-electron chi connectivity index (χ0n) is 11.3. The molecule has 0 radical (unpaired) electrons. The number of nitrogens with zero attached hydrogens (tertiary/aromatic N) is 1. The Bertz CT molecular complexity index is 642. The average Bonchev–Trinajstić information content (AvgIpc) is 2.81. The molecule has 0 aliphatic rings. The zero-order chi connectivity index (χ0) is 14.0. The molecule has 0 aliphatic heterocycles. The van der Waals surface area contributed by atoms with Crippen molar-refractivity contribution < 1.29 is 4.79 Å². The van der Waals surface area contributed by atoms with Gasteiger partial charge in [-0.25, -0.2) is 0 Å². The van der Waals surface area contributed by atoms with E-state index in [-0.39, 0.29) is 24.1 Å². The molecular formula is C14H18N2O2S. The average molecular weight is 278 g/mol. The van der Waals surface area contributed by atoms with E-state index in [2.05, 4.69) is 19.2 Å². The Balaban J connectivity index is 2.15. The van der Waals surface area contributed by atoms with E-state index in [1.165, 1.54) is 15.9 Å². The van der Waals surface area contributed by atoms with Gasteiger partial charge >= 0.3 is 0 Å². The van der Waals surface area contributed by atoms with Gasteiger partial charge in [0.05, 0.1) is 5.39 Å². The Kier molecular flexibility index (Phi) is 4.04. The van der Waals surface area contributed by atoms with E-state index in [4.69, 9.17) is 0 Å². The molecule has 2 aromatic rings. The fourth-order valence-corrected chi connectivity index (χ4v) is 2.52. The monoisotopic (exact) mass is 278 g/mol. The molecular weight excluding hydrogens is 260 g/mol. The number of carbonyl (C=O) groups excluding carboxylic acids is 1. The topological polar surface area (TPSA) is 51.1 Å². The molecule has 1 unspecified atom stereocenters. The molecule has 19 heavy (non-hydrogen) atoms. The maximum atomic E-state index is 12.1. The summed E-state index contributed by atoms with van der Waals surface area (Å²) in [6.07, 6.45) is 1.68. The summed E-state index contributed by atoms with van der Waals surface area (Å²) in [6.45, 7) is 6.14. The van der Waals surface area contributed by atoms with E-state index in [0.717, 1.165) is 4.70 Å². The summed E-state index contributed by atoms with van der Waals surface area (Å²) in [5.74, 6) is 0.248. The van der Waals surface area contributed by atoms with Gasteiger partial charge in [0.1, 0.15) is 6.54 Å². The van der Waals surface area contributed by atoms with Crippen LogP contribution in [0, 0.1) is 5.92 Å². The van der Waals surface area contributed by atoms with Crippen molar-refractivity contribution in [3.63, 3.8) is 0 Å².